The zero-order valence-corrected chi connectivity index (χ0v) is 13.7. The summed E-state index contributed by atoms with van der Waals surface area (Å²) >= 11 is 0. The molecule has 5 heteroatoms. The minimum atomic E-state index is -1.44. The van der Waals surface area contributed by atoms with Crippen molar-refractivity contribution in [3.63, 3.8) is 0 Å². The molecule has 0 radical (unpaired) electrons. The van der Waals surface area contributed by atoms with Crippen molar-refractivity contribution >= 4 is 11.6 Å². The molecule has 5 nitrogen and oxygen atoms in total. The van der Waals surface area contributed by atoms with E-state index < -0.39 is 5.72 Å². The number of amides is 1. The van der Waals surface area contributed by atoms with Crippen LogP contribution in [0.1, 0.15) is 37.3 Å². The van der Waals surface area contributed by atoms with Crippen molar-refractivity contribution in [3.8, 4) is 0 Å². The lowest BCUT2D eigenvalue weighted by molar-refractivity contribution is -0.157. The Morgan fingerprint density at radius 3 is 2.71 bits per heavy atom. The molecule has 2 heterocycles. The molecule has 1 aromatic carbocycles. The number of aliphatic hydroxyl groups is 1. The van der Waals surface area contributed by atoms with Gasteiger partial charge in [0.15, 0.2) is 5.72 Å². The molecule has 3 rings (SSSR count). The Hall–Kier alpha value is -2.53. The van der Waals surface area contributed by atoms with Gasteiger partial charge in [-0.05, 0) is 24.5 Å². The summed E-state index contributed by atoms with van der Waals surface area (Å²) in [5.74, 6) is -0.186. The zero-order chi connectivity index (χ0) is 17.0. The van der Waals surface area contributed by atoms with E-state index >= 15 is 0 Å². The predicted octanol–water partition coefficient (Wildman–Crippen LogP) is 2.86. The summed E-state index contributed by atoms with van der Waals surface area (Å²) in [6.07, 6.45) is 5.18. The van der Waals surface area contributed by atoms with E-state index in [4.69, 9.17) is 0 Å². The molecule has 0 bridgehead atoms. The number of hydrazone groups is 1. The first-order valence-corrected chi connectivity index (χ1v) is 8.19. The number of carbonyl (C=O) groups excluding carboxylic acids is 1. The molecular formula is C19H21N3O2. The van der Waals surface area contributed by atoms with E-state index in [1.807, 2.05) is 37.3 Å². The fraction of sp³-hybridized carbons (Fsp3) is 0.316. The number of aromatic nitrogens is 1. The summed E-state index contributed by atoms with van der Waals surface area (Å²) in [6.45, 7) is 1.97. The fourth-order valence-electron chi connectivity index (χ4n) is 2.90. The van der Waals surface area contributed by atoms with Crippen molar-refractivity contribution in [2.24, 2.45) is 5.10 Å². The Bertz CT molecular complexity index is 731. The van der Waals surface area contributed by atoms with Crippen molar-refractivity contribution in [2.75, 3.05) is 0 Å². The molecule has 1 aliphatic heterocycles. The Balaban J connectivity index is 1.80. The second-order valence-corrected chi connectivity index (χ2v) is 5.95. The summed E-state index contributed by atoms with van der Waals surface area (Å²) < 4.78 is 0. The van der Waals surface area contributed by atoms with Crippen LogP contribution in [0.15, 0.2) is 60.0 Å². The molecule has 1 aliphatic rings. The number of carbonyl (C=O) groups is 1. The van der Waals surface area contributed by atoms with Gasteiger partial charge in [-0.25, -0.2) is 0 Å². The number of nitrogens with zero attached hydrogens (tertiary/aromatic N) is 3. The highest BCUT2D eigenvalue weighted by atomic mass is 16.3. The fourth-order valence-corrected chi connectivity index (χ4v) is 2.90. The molecule has 2 aromatic rings. The summed E-state index contributed by atoms with van der Waals surface area (Å²) in [4.78, 5) is 16.8. The average Bonchev–Trinajstić information content (AvgIpc) is 2.99. The molecule has 1 atom stereocenters. The summed E-state index contributed by atoms with van der Waals surface area (Å²) in [6, 6.07) is 13.4. The van der Waals surface area contributed by atoms with Gasteiger partial charge in [-0.1, -0.05) is 43.3 Å². The smallest absolute Gasteiger partial charge is 0.245 e. The van der Waals surface area contributed by atoms with Crippen LogP contribution in [0.4, 0.5) is 0 Å². The van der Waals surface area contributed by atoms with Gasteiger partial charge < -0.3 is 5.11 Å². The standard InChI is InChI=1S/C19H21N3O2/c1-2-17-13-19(24,16-9-6-12-20-14-16)22(21-17)18(23)11-10-15-7-4-3-5-8-15/h3-9,12,14,24H,2,10-11,13H2,1H3. The minimum absolute atomic E-state index is 0.186. The maximum Gasteiger partial charge on any atom is 0.245 e. The highest BCUT2D eigenvalue weighted by molar-refractivity contribution is 5.90. The third kappa shape index (κ3) is 3.21. The molecule has 0 spiro atoms. The topological polar surface area (TPSA) is 65.8 Å². The van der Waals surface area contributed by atoms with E-state index in [-0.39, 0.29) is 5.91 Å². The first kappa shape index (κ1) is 16.3. The van der Waals surface area contributed by atoms with Crippen LogP contribution < -0.4 is 0 Å². The van der Waals surface area contributed by atoms with Crippen LogP contribution in [0.3, 0.4) is 0 Å². The molecule has 0 saturated heterocycles. The van der Waals surface area contributed by atoms with E-state index in [0.29, 0.717) is 31.2 Å². The van der Waals surface area contributed by atoms with Gasteiger partial charge in [-0.3, -0.25) is 9.78 Å². The van der Waals surface area contributed by atoms with Crippen LogP contribution in [0.5, 0.6) is 0 Å². The summed E-state index contributed by atoms with van der Waals surface area (Å²) in [7, 11) is 0. The molecule has 1 N–H and O–H groups in total. The van der Waals surface area contributed by atoms with Crippen molar-refractivity contribution in [1.82, 2.24) is 9.99 Å². The molecular weight excluding hydrogens is 302 g/mol. The van der Waals surface area contributed by atoms with Gasteiger partial charge >= 0.3 is 0 Å². The largest absolute Gasteiger partial charge is 0.365 e. The van der Waals surface area contributed by atoms with Gasteiger partial charge in [0.2, 0.25) is 5.91 Å². The average molecular weight is 323 g/mol. The molecule has 0 aliphatic carbocycles. The molecule has 0 saturated carbocycles. The van der Waals surface area contributed by atoms with E-state index in [1.54, 1.807) is 24.5 Å². The van der Waals surface area contributed by atoms with Gasteiger partial charge in [-0.2, -0.15) is 10.1 Å². The summed E-state index contributed by atoms with van der Waals surface area (Å²) in [5.41, 5.74) is 1.06. The maximum absolute atomic E-state index is 12.7. The van der Waals surface area contributed by atoms with Crippen molar-refractivity contribution < 1.29 is 9.90 Å². The minimum Gasteiger partial charge on any atom is -0.365 e. The van der Waals surface area contributed by atoms with E-state index in [9.17, 15) is 9.90 Å². The second kappa shape index (κ2) is 6.93. The van der Waals surface area contributed by atoms with E-state index in [0.717, 1.165) is 11.3 Å². The van der Waals surface area contributed by atoms with Crippen LogP contribution in [0.25, 0.3) is 0 Å². The predicted molar refractivity (Wildman–Crippen MR) is 92.1 cm³/mol. The molecule has 1 amide bonds. The van der Waals surface area contributed by atoms with Crippen LogP contribution in [0.2, 0.25) is 0 Å². The first-order valence-electron chi connectivity index (χ1n) is 8.19. The monoisotopic (exact) mass is 323 g/mol. The Morgan fingerprint density at radius 2 is 2.04 bits per heavy atom. The van der Waals surface area contributed by atoms with Gasteiger partial charge in [-0.15, -0.1) is 0 Å². The number of hydrogen-bond acceptors (Lipinski definition) is 4. The Morgan fingerprint density at radius 1 is 1.25 bits per heavy atom. The molecule has 124 valence electrons. The number of benzene rings is 1. The van der Waals surface area contributed by atoms with Gasteiger partial charge in [0.25, 0.3) is 0 Å². The Kier molecular flexibility index (Phi) is 4.71. The molecule has 1 unspecified atom stereocenters. The van der Waals surface area contributed by atoms with E-state index in [1.165, 1.54) is 5.01 Å². The van der Waals surface area contributed by atoms with E-state index in [2.05, 4.69) is 10.1 Å². The van der Waals surface area contributed by atoms with Crippen molar-refractivity contribution in [3.05, 3.63) is 66.0 Å². The number of aryl methyl sites for hydroxylation is 1. The Labute approximate surface area is 141 Å². The number of pyridine rings is 1. The second-order valence-electron chi connectivity index (χ2n) is 5.95. The van der Waals surface area contributed by atoms with Crippen LogP contribution in [-0.2, 0) is 16.9 Å². The third-order valence-corrected chi connectivity index (χ3v) is 4.28. The lowest BCUT2D eigenvalue weighted by Gasteiger charge is -2.31. The zero-order valence-electron chi connectivity index (χ0n) is 13.7. The molecule has 24 heavy (non-hydrogen) atoms. The lowest BCUT2D eigenvalue weighted by Crippen LogP contribution is -2.43. The van der Waals surface area contributed by atoms with Crippen molar-refractivity contribution in [1.29, 1.82) is 0 Å². The first-order chi connectivity index (χ1) is 11.6. The van der Waals surface area contributed by atoms with Gasteiger partial charge in [0, 0.05) is 36.5 Å². The quantitative estimate of drug-likeness (QED) is 0.920. The SMILES string of the molecule is CCC1=NN(C(=O)CCc2ccccc2)C(O)(c2cccnc2)C1. The van der Waals surface area contributed by atoms with Gasteiger partial charge in [0.05, 0.1) is 0 Å². The number of hydrogen-bond donors (Lipinski definition) is 1. The van der Waals surface area contributed by atoms with Crippen LogP contribution >= 0.6 is 0 Å². The van der Waals surface area contributed by atoms with Gasteiger partial charge in [0.1, 0.15) is 0 Å². The normalized spacial score (nSPS) is 20.1. The highest BCUT2D eigenvalue weighted by Gasteiger charge is 2.45. The van der Waals surface area contributed by atoms with Crippen LogP contribution in [0, 0.1) is 0 Å². The number of rotatable bonds is 5. The third-order valence-electron chi connectivity index (χ3n) is 4.28. The maximum atomic E-state index is 12.7. The summed E-state index contributed by atoms with van der Waals surface area (Å²) in [5, 5.41) is 16.8. The lowest BCUT2D eigenvalue weighted by atomic mass is 9.97. The molecule has 1 aromatic heterocycles. The van der Waals surface area contributed by atoms with Crippen LogP contribution in [-0.4, -0.2) is 26.7 Å². The van der Waals surface area contributed by atoms with Crippen molar-refractivity contribution in [2.45, 2.75) is 38.3 Å². The highest BCUT2D eigenvalue weighted by Crippen LogP contribution is 2.36. The molecule has 0 fully saturated rings.